The first-order valence-electron chi connectivity index (χ1n) is 5.57. The number of piperazine rings is 1. The number of hydrogen-bond acceptors (Lipinski definition) is 2. The molecule has 1 aliphatic heterocycles. The SMILES string of the molecule is FC[C@@H](c1cccc(Br)c1)N1CCNCC1. The van der Waals surface area contributed by atoms with Crippen LogP contribution in [0, 0.1) is 0 Å². The Balaban J connectivity index is 2.14. The molecule has 0 aliphatic carbocycles. The molecular formula is C12H16BrFN2. The van der Waals surface area contributed by atoms with E-state index < -0.39 is 0 Å². The van der Waals surface area contributed by atoms with Crippen LogP contribution in [0.25, 0.3) is 0 Å². The first-order chi connectivity index (χ1) is 7.81. The zero-order valence-corrected chi connectivity index (χ0v) is 10.7. The second-order valence-electron chi connectivity index (χ2n) is 4.01. The monoisotopic (exact) mass is 286 g/mol. The molecule has 16 heavy (non-hydrogen) atoms. The van der Waals surface area contributed by atoms with Gasteiger partial charge < -0.3 is 5.32 Å². The molecule has 0 unspecified atom stereocenters. The summed E-state index contributed by atoms with van der Waals surface area (Å²) in [6, 6.07) is 7.84. The van der Waals surface area contributed by atoms with Crippen molar-refractivity contribution in [3.8, 4) is 0 Å². The molecule has 1 aliphatic rings. The van der Waals surface area contributed by atoms with Gasteiger partial charge >= 0.3 is 0 Å². The van der Waals surface area contributed by atoms with Crippen molar-refractivity contribution in [2.24, 2.45) is 0 Å². The quantitative estimate of drug-likeness (QED) is 0.918. The van der Waals surface area contributed by atoms with Crippen molar-refractivity contribution < 1.29 is 4.39 Å². The molecule has 1 aromatic carbocycles. The fourth-order valence-corrected chi connectivity index (χ4v) is 2.52. The number of nitrogens with one attached hydrogen (secondary N) is 1. The van der Waals surface area contributed by atoms with Crippen LogP contribution >= 0.6 is 15.9 Å². The number of hydrogen-bond donors (Lipinski definition) is 1. The lowest BCUT2D eigenvalue weighted by Gasteiger charge is -2.33. The first-order valence-corrected chi connectivity index (χ1v) is 6.37. The molecule has 1 heterocycles. The fourth-order valence-electron chi connectivity index (χ4n) is 2.11. The molecule has 4 heteroatoms. The van der Waals surface area contributed by atoms with Gasteiger partial charge in [0.15, 0.2) is 0 Å². The van der Waals surface area contributed by atoms with E-state index in [1.807, 2.05) is 24.3 Å². The van der Waals surface area contributed by atoms with Gasteiger partial charge in [-0.3, -0.25) is 4.90 Å². The summed E-state index contributed by atoms with van der Waals surface area (Å²) in [5, 5.41) is 3.28. The molecule has 2 rings (SSSR count). The molecule has 88 valence electrons. The smallest absolute Gasteiger partial charge is 0.109 e. The Morgan fingerprint density at radius 2 is 2.12 bits per heavy atom. The van der Waals surface area contributed by atoms with Crippen LogP contribution < -0.4 is 5.32 Å². The zero-order chi connectivity index (χ0) is 11.4. The van der Waals surface area contributed by atoms with Gasteiger partial charge in [0.2, 0.25) is 0 Å². The third kappa shape index (κ3) is 2.81. The van der Waals surface area contributed by atoms with E-state index in [0.717, 1.165) is 36.2 Å². The van der Waals surface area contributed by atoms with E-state index in [1.54, 1.807) is 0 Å². The largest absolute Gasteiger partial charge is 0.314 e. The lowest BCUT2D eigenvalue weighted by molar-refractivity contribution is 0.147. The van der Waals surface area contributed by atoms with Crippen molar-refractivity contribution in [3.63, 3.8) is 0 Å². The van der Waals surface area contributed by atoms with E-state index in [0.29, 0.717) is 0 Å². The minimum absolute atomic E-state index is 0.0976. The number of alkyl halides is 1. The van der Waals surface area contributed by atoms with Gasteiger partial charge in [-0.25, -0.2) is 4.39 Å². The zero-order valence-electron chi connectivity index (χ0n) is 9.13. The van der Waals surface area contributed by atoms with Crippen molar-refractivity contribution in [2.75, 3.05) is 32.9 Å². The van der Waals surface area contributed by atoms with Crippen molar-refractivity contribution in [3.05, 3.63) is 34.3 Å². The summed E-state index contributed by atoms with van der Waals surface area (Å²) < 4.78 is 14.2. The highest BCUT2D eigenvalue weighted by Gasteiger charge is 2.21. The summed E-state index contributed by atoms with van der Waals surface area (Å²) >= 11 is 3.43. The number of rotatable bonds is 3. The van der Waals surface area contributed by atoms with Gasteiger partial charge in [-0.2, -0.15) is 0 Å². The van der Waals surface area contributed by atoms with E-state index >= 15 is 0 Å². The highest BCUT2D eigenvalue weighted by molar-refractivity contribution is 9.10. The summed E-state index contributed by atoms with van der Waals surface area (Å²) in [7, 11) is 0. The summed E-state index contributed by atoms with van der Waals surface area (Å²) in [6.45, 7) is 3.41. The van der Waals surface area contributed by atoms with Gasteiger partial charge in [-0.05, 0) is 17.7 Å². The van der Waals surface area contributed by atoms with E-state index in [2.05, 4.69) is 26.1 Å². The molecule has 0 aromatic heterocycles. The molecule has 2 nitrogen and oxygen atoms in total. The third-order valence-electron chi connectivity index (χ3n) is 2.97. The van der Waals surface area contributed by atoms with Crippen LogP contribution in [0.3, 0.4) is 0 Å². The Hall–Kier alpha value is -0.450. The maximum atomic E-state index is 13.2. The standard InChI is InChI=1S/C12H16BrFN2/c13-11-3-1-2-10(8-11)12(9-14)16-6-4-15-5-7-16/h1-3,8,12,15H,4-7,9H2/t12-/m0/s1. The number of halogens is 2. The average Bonchev–Trinajstić information content (AvgIpc) is 2.31. The Kier molecular flexibility index (Phi) is 4.32. The van der Waals surface area contributed by atoms with Gasteiger partial charge in [0.25, 0.3) is 0 Å². The van der Waals surface area contributed by atoms with Crippen LogP contribution in [0.5, 0.6) is 0 Å². The minimum Gasteiger partial charge on any atom is -0.314 e. The van der Waals surface area contributed by atoms with Crippen LogP contribution in [0.4, 0.5) is 4.39 Å². The molecule has 1 saturated heterocycles. The Morgan fingerprint density at radius 1 is 1.38 bits per heavy atom. The molecule has 0 radical (unpaired) electrons. The Morgan fingerprint density at radius 3 is 2.75 bits per heavy atom. The summed E-state index contributed by atoms with van der Waals surface area (Å²) in [4.78, 5) is 2.21. The fraction of sp³-hybridized carbons (Fsp3) is 0.500. The Labute approximate surface area is 104 Å². The third-order valence-corrected chi connectivity index (χ3v) is 3.47. The van der Waals surface area contributed by atoms with Crippen LogP contribution in [0.1, 0.15) is 11.6 Å². The summed E-state index contributed by atoms with van der Waals surface area (Å²) in [5.41, 5.74) is 1.05. The van der Waals surface area contributed by atoms with E-state index in [-0.39, 0.29) is 12.7 Å². The van der Waals surface area contributed by atoms with Crippen LogP contribution in [0.15, 0.2) is 28.7 Å². The first kappa shape index (κ1) is 12.0. The number of benzene rings is 1. The predicted molar refractivity (Wildman–Crippen MR) is 67.3 cm³/mol. The van der Waals surface area contributed by atoms with Gasteiger partial charge in [0.1, 0.15) is 6.67 Å². The maximum Gasteiger partial charge on any atom is 0.109 e. The van der Waals surface area contributed by atoms with Crippen molar-refractivity contribution in [2.45, 2.75) is 6.04 Å². The minimum atomic E-state index is -0.323. The molecule has 0 spiro atoms. The second-order valence-corrected chi connectivity index (χ2v) is 4.93. The van der Waals surface area contributed by atoms with Crippen LogP contribution in [-0.4, -0.2) is 37.8 Å². The molecule has 1 atom stereocenters. The van der Waals surface area contributed by atoms with E-state index in [4.69, 9.17) is 0 Å². The second kappa shape index (κ2) is 5.75. The lowest BCUT2D eigenvalue weighted by Crippen LogP contribution is -2.45. The normalized spacial score (nSPS) is 19.6. The van der Waals surface area contributed by atoms with Crippen molar-refractivity contribution in [1.82, 2.24) is 10.2 Å². The summed E-state index contributed by atoms with van der Waals surface area (Å²) in [5.74, 6) is 0. The van der Waals surface area contributed by atoms with E-state index in [9.17, 15) is 4.39 Å². The molecule has 0 saturated carbocycles. The van der Waals surface area contributed by atoms with Crippen LogP contribution in [-0.2, 0) is 0 Å². The van der Waals surface area contributed by atoms with Gasteiger partial charge in [-0.15, -0.1) is 0 Å². The van der Waals surface area contributed by atoms with Crippen molar-refractivity contribution in [1.29, 1.82) is 0 Å². The molecule has 1 fully saturated rings. The molecule has 0 bridgehead atoms. The maximum absolute atomic E-state index is 13.2. The highest BCUT2D eigenvalue weighted by Crippen LogP contribution is 2.24. The van der Waals surface area contributed by atoms with Gasteiger partial charge in [0.05, 0.1) is 6.04 Å². The Bertz CT molecular complexity index is 340. The average molecular weight is 287 g/mol. The topological polar surface area (TPSA) is 15.3 Å². The molecule has 1 N–H and O–H groups in total. The van der Waals surface area contributed by atoms with Gasteiger partial charge in [-0.1, -0.05) is 28.1 Å². The molecule has 1 aromatic rings. The van der Waals surface area contributed by atoms with Crippen LogP contribution in [0.2, 0.25) is 0 Å². The predicted octanol–water partition coefficient (Wildman–Crippen LogP) is 2.36. The van der Waals surface area contributed by atoms with Crippen molar-refractivity contribution >= 4 is 15.9 Å². The number of nitrogens with zero attached hydrogens (tertiary/aromatic N) is 1. The van der Waals surface area contributed by atoms with Gasteiger partial charge in [0, 0.05) is 30.7 Å². The lowest BCUT2D eigenvalue weighted by atomic mass is 10.1. The highest BCUT2D eigenvalue weighted by atomic mass is 79.9. The summed E-state index contributed by atoms with van der Waals surface area (Å²) in [6.07, 6.45) is 0. The van der Waals surface area contributed by atoms with E-state index in [1.165, 1.54) is 0 Å². The molecular weight excluding hydrogens is 271 g/mol. The molecule has 0 amide bonds.